The average Bonchev–Trinajstić information content (AvgIpc) is 2.59. The molecule has 1 N–H and O–H groups in total. The fourth-order valence-corrected chi connectivity index (χ4v) is 1.71. The van der Waals surface area contributed by atoms with Crippen LogP contribution in [0.5, 0.6) is 0 Å². The number of amides is 1. The zero-order chi connectivity index (χ0) is 12.3. The van der Waals surface area contributed by atoms with Gasteiger partial charge in [-0.2, -0.15) is 0 Å². The minimum absolute atomic E-state index is 0.0834. The van der Waals surface area contributed by atoms with Crippen molar-refractivity contribution in [1.82, 2.24) is 14.5 Å². The van der Waals surface area contributed by atoms with Crippen LogP contribution in [0, 0.1) is 4.77 Å². The number of nitrogens with one attached hydrogen (secondary N) is 1. The lowest BCUT2D eigenvalue weighted by molar-refractivity contribution is -0.130. The van der Waals surface area contributed by atoms with Crippen LogP contribution >= 0.6 is 12.2 Å². The predicted octanol–water partition coefficient (Wildman–Crippen LogP) is 2.15. The maximum atomic E-state index is 11.8. The number of H-pyrrole nitrogens is 1. The number of hydrogen-bond acceptors (Lipinski definition) is 2. The molecule has 0 aromatic carbocycles. The normalized spacial score (nSPS) is 10.8. The number of aromatic amines is 1. The first-order valence-corrected chi connectivity index (χ1v) is 5.90. The first-order chi connectivity index (χ1) is 7.47. The van der Waals surface area contributed by atoms with Crippen molar-refractivity contribution in [3.05, 3.63) is 16.7 Å². The molecule has 0 radical (unpaired) electrons. The molecule has 0 aliphatic rings. The summed E-state index contributed by atoms with van der Waals surface area (Å²) >= 11 is 5.17. The summed E-state index contributed by atoms with van der Waals surface area (Å²) < 4.78 is 2.48. The van der Waals surface area contributed by atoms with Gasteiger partial charge in [0.25, 0.3) is 0 Å². The number of rotatable bonds is 4. The number of imidazole rings is 1. The number of aromatic nitrogens is 2. The van der Waals surface area contributed by atoms with E-state index in [2.05, 4.69) is 18.8 Å². The van der Waals surface area contributed by atoms with Crippen molar-refractivity contribution < 1.29 is 4.79 Å². The third-order valence-corrected chi connectivity index (χ3v) is 3.02. The number of carbonyl (C=O) groups is 1. The third-order valence-electron chi connectivity index (χ3n) is 2.69. The Kier molecular flexibility index (Phi) is 4.29. The van der Waals surface area contributed by atoms with E-state index in [4.69, 9.17) is 12.2 Å². The van der Waals surface area contributed by atoms with Crippen molar-refractivity contribution in [3.63, 3.8) is 0 Å². The highest BCUT2D eigenvalue weighted by molar-refractivity contribution is 7.71. The van der Waals surface area contributed by atoms with E-state index in [-0.39, 0.29) is 5.91 Å². The van der Waals surface area contributed by atoms with Gasteiger partial charge in [-0.25, -0.2) is 0 Å². The summed E-state index contributed by atoms with van der Waals surface area (Å²) in [7, 11) is 1.80. The molecule has 0 fully saturated rings. The molecule has 1 amide bonds. The Morgan fingerprint density at radius 3 is 2.75 bits per heavy atom. The summed E-state index contributed by atoms with van der Waals surface area (Å²) in [4.78, 5) is 16.5. The molecule has 1 rings (SSSR count). The average molecular weight is 241 g/mol. The Bertz CT molecular complexity index is 419. The molecule has 0 bridgehead atoms. The molecule has 0 aliphatic carbocycles. The summed E-state index contributed by atoms with van der Waals surface area (Å²) in [5, 5.41) is 0. The van der Waals surface area contributed by atoms with Gasteiger partial charge in [-0.1, -0.05) is 13.8 Å². The molecule has 1 heterocycles. The van der Waals surface area contributed by atoms with Crippen LogP contribution in [0.3, 0.4) is 0 Å². The lowest BCUT2D eigenvalue weighted by Gasteiger charge is -2.16. The van der Waals surface area contributed by atoms with Crippen LogP contribution in [0.2, 0.25) is 0 Å². The van der Waals surface area contributed by atoms with Crippen LogP contribution < -0.4 is 0 Å². The van der Waals surface area contributed by atoms with Crippen LogP contribution in [0.15, 0.2) is 6.20 Å². The van der Waals surface area contributed by atoms with Gasteiger partial charge in [0.05, 0.1) is 0 Å². The summed E-state index contributed by atoms with van der Waals surface area (Å²) in [5.41, 5.74) is 1.07. The highest BCUT2D eigenvalue weighted by Gasteiger charge is 2.13. The molecule has 16 heavy (non-hydrogen) atoms. The SMILES string of the molecule is CCN(C)C(=O)Cn1c(C(C)C)c[nH]c1=S. The van der Waals surface area contributed by atoms with Crippen molar-refractivity contribution in [2.24, 2.45) is 0 Å². The van der Waals surface area contributed by atoms with E-state index < -0.39 is 0 Å². The van der Waals surface area contributed by atoms with Crippen LogP contribution in [-0.2, 0) is 11.3 Å². The van der Waals surface area contributed by atoms with E-state index in [0.29, 0.717) is 23.8 Å². The Hall–Kier alpha value is -1.10. The molecule has 5 heteroatoms. The molecule has 1 aromatic rings. The zero-order valence-electron chi connectivity index (χ0n) is 10.3. The molecular weight excluding hydrogens is 222 g/mol. The van der Waals surface area contributed by atoms with E-state index in [1.807, 2.05) is 17.7 Å². The smallest absolute Gasteiger partial charge is 0.242 e. The van der Waals surface area contributed by atoms with E-state index in [1.54, 1.807) is 11.9 Å². The van der Waals surface area contributed by atoms with Crippen molar-refractivity contribution in [1.29, 1.82) is 0 Å². The van der Waals surface area contributed by atoms with Gasteiger partial charge >= 0.3 is 0 Å². The molecular formula is C11H19N3OS. The van der Waals surface area contributed by atoms with Gasteiger partial charge in [0.15, 0.2) is 4.77 Å². The highest BCUT2D eigenvalue weighted by Crippen LogP contribution is 2.14. The van der Waals surface area contributed by atoms with Gasteiger partial charge in [0.2, 0.25) is 5.91 Å². The second-order valence-electron chi connectivity index (χ2n) is 4.17. The fraction of sp³-hybridized carbons (Fsp3) is 0.636. The maximum Gasteiger partial charge on any atom is 0.242 e. The molecule has 1 aromatic heterocycles. The van der Waals surface area contributed by atoms with Gasteiger partial charge in [-0.3, -0.25) is 4.79 Å². The quantitative estimate of drug-likeness (QED) is 0.821. The van der Waals surface area contributed by atoms with E-state index >= 15 is 0 Å². The predicted molar refractivity (Wildman–Crippen MR) is 67.0 cm³/mol. The minimum atomic E-state index is 0.0834. The molecule has 0 aliphatic heterocycles. The molecule has 90 valence electrons. The Balaban J connectivity index is 2.92. The first kappa shape index (κ1) is 13.0. The molecule has 0 spiro atoms. The van der Waals surface area contributed by atoms with Crippen LogP contribution in [0.25, 0.3) is 0 Å². The minimum Gasteiger partial charge on any atom is -0.344 e. The van der Waals surface area contributed by atoms with E-state index in [0.717, 1.165) is 5.69 Å². The Morgan fingerprint density at radius 2 is 2.25 bits per heavy atom. The first-order valence-electron chi connectivity index (χ1n) is 5.49. The molecule has 0 saturated carbocycles. The lowest BCUT2D eigenvalue weighted by Crippen LogP contribution is -2.30. The summed E-state index contributed by atoms with van der Waals surface area (Å²) in [6.07, 6.45) is 1.88. The van der Waals surface area contributed by atoms with Crippen molar-refractivity contribution >= 4 is 18.1 Å². The Morgan fingerprint density at radius 1 is 1.62 bits per heavy atom. The molecule has 0 atom stereocenters. The molecule has 0 saturated heterocycles. The van der Waals surface area contributed by atoms with Gasteiger partial charge in [-0.15, -0.1) is 0 Å². The van der Waals surface area contributed by atoms with Gasteiger partial charge in [0.1, 0.15) is 6.54 Å². The number of likely N-dealkylation sites (N-methyl/N-ethyl adjacent to an activating group) is 1. The summed E-state index contributed by atoms with van der Waals surface area (Å²) in [6, 6.07) is 0. The largest absolute Gasteiger partial charge is 0.344 e. The monoisotopic (exact) mass is 241 g/mol. The number of hydrogen-bond donors (Lipinski definition) is 1. The highest BCUT2D eigenvalue weighted by atomic mass is 32.1. The van der Waals surface area contributed by atoms with Crippen LogP contribution in [-0.4, -0.2) is 34.0 Å². The zero-order valence-corrected chi connectivity index (χ0v) is 11.1. The second kappa shape index (κ2) is 5.30. The Labute approximate surface area is 101 Å². The second-order valence-corrected chi connectivity index (χ2v) is 4.55. The topological polar surface area (TPSA) is 41.0 Å². The summed E-state index contributed by atoms with van der Waals surface area (Å²) in [6.45, 7) is 7.16. The maximum absolute atomic E-state index is 11.8. The van der Waals surface area contributed by atoms with Crippen molar-refractivity contribution in [2.75, 3.05) is 13.6 Å². The van der Waals surface area contributed by atoms with Crippen molar-refractivity contribution in [2.45, 2.75) is 33.2 Å². The third kappa shape index (κ3) is 2.72. The van der Waals surface area contributed by atoms with Gasteiger partial charge < -0.3 is 14.5 Å². The van der Waals surface area contributed by atoms with E-state index in [9.17, 15) is 4.79 Å². The number of nitrogens with zero attached hydrogens (tertiary/aromatic N) is 2. The van der Waals surface area contributed by atoms with E-state index in [1.165, 1.54) is 0 Å². The number of carbonyl (C=O) groups excluding carboxylic acids is 1. The lowest BCUT2D eigenvalue weighted by atomic mass is 10.1. The van der Waals surface area contributed by atoms with Gasteiger partial charge in [0, 0.05) is 25.5 Å². The van der Waals surface area contributed by atoms with Gasteiger partial charge in [-0.05, 0) is 25.1 Å². The van der Waals surface area contributed by atoms with Crippen molar-refractivity contribution in [3.8, 4) is 0 Å². The standard InChI is InChI=1S/C11H19N3OS/c1-5-13(4)10(15)7-14-9(8(2)3)6-12-11(14)16/h6,8H,5,7H2,1-4H3,(H,12,16). The fourth-order valence-electron chi connectivity index (χ4n) is 1.48. The van der Waals surface area contributed by atoms with Crippen LogP contribution in [0.1, 0.15) is 32.4 Å². The summed E-state index contributed by atoms with van der Waals surface area (Å²) in [5.74, 6) is 0.438. The van der Waals surface area contributed by atoms with Crippen LogP contribution in [0.4, 0.5) is 0 Å². The molecule has 0 unspecified atom stereocenters. The molecule has 4 nitrogen and oxygen atoms in total.